The first kappa shape index (κ1) is 29.1. The van der Waals surface area contributed by atoms with E-state index in [0.717, 1.165) is 64.4 Å². The van der Waals surface area contributed by atoms with Crippen LogP contribution in [0.4, 0.5) is 0 Å². The Morgan fingerprint density at radius 1 is 0.458 bits per heavy atom. The molecule has 0 atom stereocenters. The van der Waals surface area contributed by atoms with E-state index in [9.17, 15) is 0 Å². The Balaban J connectivity index is 1.21. The SMILES string of the molecule is [2H]c1c([2H])c([2H])c(-c2nc(-c3ccccc3)nc(-c3cc(-n4c5ccccc5c5cc6c(cc54)C(C)(C)c4ccccc4-6)cc4c3sc3c(-c5ccccc5)cccc34)n2)c([2H])c1[2H]. The van der Waals surface area contributed by atoms with Crippen molar-refractivity contribution < 1.29 is 6.85 Å². The highest BCUT2D eigenvalue weighted by Crippen LogP contribution is 2.52. The number of fused-ring (bicyclic) bond motifs is 9. The normalized spacial score (nSPS) is 14.2. The summed E-state index contributed by atoms with van der Waals surface area (Å²) in [5.41, 5.74) is 11.5. The van der Waals surface area contributed by atoms with E-state index in [4.69, 9.17) is 21.8 Å². The van der Waals surface area contributed by atoms with E-state index in [-0.39, 0.29) is 28.9 Å². The molecule has 0 saturated carbocycles. The van der Waals surface area contributed by atoms with Crippen molar-refractivity contribution in [3.8, 4) is 62.1 Å². The van der Waals surface area contributed by atoms with Gasteiger partial charge in [-0.05, 0) is 63.7 Å². The van der Waals surface area contributed by atoms with Crippen LogP contribution in [0, 0.1) is 0 Å². The van der Waals surface area contributed by atoms with Gasteiger partial charge in [-0.1, -0.05) is 165 Å². The van der Waals surface area contributed by atoms with Crippen LogP contribution < -0.4 is 0 Å². The molecule has 0 aliphatic heterocycles. The van der Waals surface area contributed by atoms with Crippen molar-refractivity contribution in [1.82, 2.24) is 19.5 Å². The summed E-state index contributed by atoms with van der Waals surface area (Å²) in [6, 6.07) is 50.7. The number of benzene rings is 8. The van der Waals surface area contributed by atoms with E-state index >= 15 is 0 Å². The molecule has 0 spiro atoms. The van der Waals surface area contributed by atoms with Crippen LogP contribution in [0.1, 0.15) is 31.8 Å². The third-order valence-electron chi connectivity index (χ3n) is 11.9. The molecule has 278 valence electrons. The Labute approximate surface area is 352 Å². The van der Waals surface area contributed by atoms with Gasteiger partial charge in [0.2, 0.25) is 0 Å². The van der Waals surface area contributed by atoms with Crippen molar-refractivity contribution in [2.75, 3.05) is 0 Å². The lowest BCUT2D eigenvalue weighted by Gasteiger charge is -2.21. The lowest BCUT2D eigenvalue weighted by atomic mass is 9.82. The summed E-state index contributed by atoms with van der Waals surface area (Å²) in [7, 11) is 0. The second-order valence-electron chi connectivity index (χ2n) is 15.6. The molecule has 11 aromatic rings. The second kappa shape index (κ2) is 12.9. The zero-order valence-corrected chi connectivity index (χ0v) is 32.9. The van der Waals surface area contributed by atoms with Gasteiger partial charge in [0, 0.05) is 58.7 Å². The largest absolute Gasteiger partial charge is 0.309 e. The van der Waals surface area contributed by atoms with Gasteiger partial charge in [0.05, 0.1) is 17.9 Å². The number of hydrogen-bond donors (Lipinski definition) is 0. The molecule has 0 radical (unpaired) electrons. The van der Waals surface area contributed by atoms with Gasteiger partial charge in [0.15, 0.2) is 17.5 Å². The molecule has 5 heteroatoms. The molecule has 1 aliphatic rings. The smallest absolute Gasteiger partial charge is 0.165 e. The lowest BCUT2D eigenvalue weighted by Crippen LogP contribution is -2.14. The Morgan fingerprint density at radius 3 is 1.92 bits per heavy atom. The molecule has 0 N–H and O–H groups in total. The average molecular weight is 778 g/mol. The Hall–Kier alpha value is -7.21. The number of thiophene rings is 1. The number of para-hydroxylation sites is 1. The minimum absolute atomic E-state index is 0.000263. The minimum Gasteiger partial charge on any atom is -0.309 e. The minimum atomic E-state index is -0.477. The molecule has 0 amide bonds. The zero-order valence-electron chi connectivity index (χ0n) is 37.1. The summed E-state index contributed by atoms with van der Waals surface area (Å²) in [4.78, 5) is 15.1. The fourth-order valence-electron chi connectivity index (χ4n) is 9.15. The van der Waals surface area contributed by atoms with Gasteiger partial charge in [-0.15, -0.1) is 11.3 Å². The molecule has 0 unspecified atom stereocenters. The first-order valence-electron chi connectivity index (χ1n) is 22.2. The van der Waals surface area contributed by atoms with E-state index in [0.29, 0.717) is 17.2 Å². The average Bonchev–Trinajstić information content (AvgIpc) is 3.95. The fourth-order valence-corrected chi connectivity index (χ4v) is 10.5. The standard InChI is InChI=1S/C54H36N4S/c1-54(2)45-27-14-12-23-38(45)41-31-42-39-24-13-15-28-47(39)58(48(42)32-46(41)54)36-29-43-40-26-16-25-37(33-17-6-3-7-18-33)49(40)59-50(43)44(30-36)53-56-51(34-19-8-4-9-20-34)55-52(57-53)35-21-10-5-11-22-35/h3-32H,1-2H3/i4D,8D,9D,19D,20D. The van der Waals surface area contributed by atoms with Gasteiger partial charge in [0.25, 0.3) is 0 Å². The van der Waals surface area contributed by atoms with Crippen LogP contribution in [0.15, 0.2) is 182 Å². The van der Waals surface area contributed by atoms with Crippen molar-refractivity contribution in [1.29, 1.82) is 0 Å². The van der Waals surface area contributed by atoms with E-state index in [2.05, 4.69) is 134 Å². The zero-order chi connectivity index (χ0) is 43.6. The third kappa shape index (κ3) is 5.18. The third-order valence-corrected chi connectivity index (χ3v) is 13.2. The molecule has 8 aromatic carbocycles. The molecule has 0 saturated heterocycles. The second-order valence-corrected chi connectivity index (χ2v) is 16.7. The van der Waals surface area contributed by atoms with Gasteiger partial charge >= 0.3 is 0 Å². The van der Waals surface area contributed by atoms with Crippen LogP contribution in [-0.4, -0.2) is 19.5 Å². The molecule has 0 fully saturated rings. The molecular formula is C54H36N4S. The van der Waals surface area contributed by atoms with Crippen LogP contribution in [-0.2, 0) is 5.41 Å². The summed E-state index contributed by atoms with van der Waals surface area (Å²) < 4.78 is 47.8. The molecule has 1 aliphatic carbocycles. The van der Waals surface area contributed by atoms with Crippen LogP contribution in [0.3, 0.4) is 0 Å². The molecule has 59 heavy (non-hydrogen) atoms. The monoisotopic (exact) mass is 777 g/mol. The topological polar surface area (TPSA) is 43.6 Å². The van der Waals surface area contributed by atoms with E-state index in [1.54, 1.807) is 11.3 Å². The van der Waals surface area contributed by atoms with Crippen molar-refractivity contribution in [3.63, 3.8) is 0 Å². The summed E-state index contributed by atoms with van der Waals surface area (Å²) in [6.07, 6.45) is 0. The summed E-state index contributed by atoms with van der Waals surface area (Å²) >= 11 is 1.67. The predicted octanol–water partition coefficient (Wildman–Crippen LogP) is 14.3. The molecule has 3 aromatic heterocycles. The summed E-state index contributed by atoms with van der Waals surface area (Å²) in [6.45, 7) is 4.61. The highest BCUT2D eigenvalue weighted by atomic mass is 32.1. The summed E-state index contributed by atoms with van der Waals surface area (Å²) in [5, 5.41) is 4.41. The van der Waals surface area contributed by atoms with E-state index in [1.807, 2.05) is 36.4 Å². The molecular weight excluding hydrogens is 737 g/mol. The fraction of sp³-hybridized carbons (Fsp3) is 0.0556. The van der Waals surface area contributed by atoms with Crippen LogP contribution >= 0.6 is 11.3 Å². The molecule has 4 nitrogen and oxygen atoms in total. The van der Waals surface area contributed by atoms with Crippen molar-refractivity contribution in [2.24, 2.45) is 0 Å². The Kier molecular flexibility index (Phi) is 6.36. The first-order valence-corrected chi connectivity index (χ1v) is 20.5. The number of hydrogen-bond acceptors (Lipinski definition) is 4. The molecule has 3 heterocycles. The van der Waals surface area contributed by atoms with E-state index < -0.39 is 18.1 Å². The van der Waals surface area contributed by atoms with Gasteiger partial charge in [-0.3, -0.25) is 0 Å². The van der Waals surface area contributed by atoms with Crippen LogP contribution in [0.5, 0.6) is 0 Å². The number of nitrogens with zero attached hydrogens (tertiary/aromatic N) is 4. The van der Waals surface area contributed by atoms with Crippen molar-refractivity contribution >= 4 is 53.3 Å². The highest BCUT2D eigenvalue weighted by molar-refractivity contribution is 7.26. The lowest BCUT2D eigenvalue weighted by molar-refractivity contribution is 0.661. The van der Waals surface area contributed by atoms with Gasteiger partial charge in [-0.25, -0.2) is 15.0 Å². The molecule has 0 bridgehead atoms. The number of aromatic nitrogens is 4. The van der Waals surface area contributed by atoms with E-state index in [1.165, 1.54) is 22.3 Å². The quantitative estimate of drug-likeness (QED) is 0.175. The van der Waals surface area contributed by atoms with Crippen molar-refractivity contribution in [3.05, 3.63) is 193 Å². The van der Waals surface area contributed by atoms with Crippen molar-refractivity contribution in [2.45, 2.75) is 19.3 Å². The van der Waals surface area contributed by atoms with Gasteiger partial charge in [0.1, 0.15) is 0 Å². The van der Waals surface area contributed by atoms with Crippen LogP contribution in [0.2, 0.25) is 0 Å². The van der Waals surface area contributed by atoms with Gasteiger partial charge < -0.3 is 4.57 Å². The van der Waals surface area contributed by atoms with Crippen LogP contribution in [0.25, 0.3) is 104 Å². The summed E-state index contributed by atoms with van der Waals surface area (Å²) in [5.74, 6) is 0.652. The Morgan fingerprint density at radius 2 is 1.10 bits per heavy atom. The van der Waals surface area contributed by atoms with Gasteiger partial charge in [-0.2, -0.15) is 0 Å². The maximum absolute atomic E-state index is 8.96. The predicted molar refractivity (Wildman–Crippen MR) is 246 cm³/mol. The maximum Gasteiger partial charge on any atom is 0.165 e. The maximum atomic E-state index is 8.96. The highest BCUT2D eigenvalue weighted by Gasteiger charge is 2.36. The number of rotatable bonds is 5. The Bertz CT molecular complexity index is 3740. The first-order chi connectivity index (χ1) is 31.1. The molecule has 12 rings (SSSR count).